The Balaban J connectivity index is 2.31. The maximum atomic E-state index is 11.1. The molecular formula is C12H12N4O2. The molecular weight excluding hydrogens is 232 g/mol. The average molecular weight is 244 g/mol. The number of rotatable bonds is 1. The number of nitrogens with one attached hydrogen (secondary N) is 1. The molecule has 0 aliphatic carbocycles. The van der Waals surface area contributed by atoms with E-state index in [9.17, 15) is 4.79 Å². The number of aromatic nitrogens is 3. The minimum Gasteiger partial charge on any atom is -0.408 e. The van der Waals surface area contributed by atoms with Gasteiger partial charge in [0.25, 0.3) is 0 Å². The number of hydrogen-bond acceptors (Lipinski definition) is 4. The van der Waals surface area contributed by atoms with Crippen LogP contribution in [0, 0.1) is 13.8 Å². The molecule has 0 radical (unpaired) electrons. The zero-order chi connectivity index (χ0) is 12.9. The summed E-state index contributed by atoms with van der Waals surface area (Å²) in [7, 11) is 0. The van der Waals surface area contributed by atoms with Gasteiger partial charge in [0.15, 0.2) is 5.58 Å². The van der Waals surface area contributed by atoms with Crippen LogP contribution < -0.4 is 11.5 Å². The van der Waals surface area contributed by atoms with Crippen molar-refractivity contribution >= 4 is 16.8 Å². The van der Waals surface area contributed by atoms with Gasteiger partial charge in [-0.05, 0) is 19.9 Å². The number of hydrogen-bond donors (Lipinski definition) is 2. The second kappa shape index (κ2) is 3.49. The topological polar surface area (TPSA) is 89.8 Å². The second-order valence-electron chi connectivity index (χ2n) is 4.21. The molecule has 0 saturated carbocycles. The van der Waals surface area contributed by atoms with Gasteiger partial charge in [0.2, 0.25) is 0 Å². The number of oxazole rings is 1. The fourth-order valence-electron chi connectivity index (χ4n) is 1.95. The van der Waals surface area contributed by atoms with E-state index in [1.165, 1.54) is 0 Å². The normalized spacial score (nSPS) is 11.2. The first-order chi connectivity index (χ1) is 8.56. The molecule has 0 fully saturated rings. The van der Waals surface area contributed by atoms with E-state index in [0.29, 0.717) is 16.8 Å². The molecule has 18 heavy (non-hydrogen) atoms. The molecule has 3 aromatic rings. The van der Waals surface area contributed by atoms with Crippen molar-refractivity contribution in [3.8, 4) is 5.69 Å². The second-order valence-corrected chi connectivity index (χ2v) is 4.21. The molecule has 0 aliphatic rings. The molecule has 3 N–H and O–H groups in total. The highest BCUT2D eigenvalue weighted by Gasteiger charge is 2.11. The summed E-state index contributed by atoms with van der Waals surface area (Å²) in [5.74, 6) is -0.486. The van der Waals surface area contributed by atoms with Gasteiger partial charge < -0.3 is 14.7 Å². The van der Waals surface area contributed by atoms with Gasteiger partial charge in [0, 0.05) is 11.8 Å². The van der Waals surface area contributed by atoms with Crippen molar-refractivity contribution < 1.29 is 4.42 Å². The largest absolute Gasteiger partial charge is 0.417 e. The smallest absolute Gasteiger partial charge is 0.408 e. The molecule has 3 rings (SSSR count). The third-order valence-electron chi connectivity index (χ3n) is 3.08. The number of nitrogens with two attached hydrogens (primary N) is 1. The fourth-order valence-corrected chi connectivity index (χ4v) is 1.95. The molecule has 0 spiro atoms. The lowest BCUT2D eigenvalue weighted by atomic mass is 10.2. The molecule has 0 bridgehead atoms. The Morgan fingerprint density at radius 3 is 2.83 bits per heavy atom. The van der Waals surface area contributed by atoms with Gasteiger partial charge in [-0.15, -0.1) is 0 Å². The lowest BCUT2D eigenvalue weighted by Crippen LogP contribution is -2.00. The highest BCUT2D eigenvalue weighted by atomic mass is 16.4. The van der Waals surface area contributed by atoms with E-state index in [1.54, 1.807) is 18.5 Å². The standard InChI is InChI=1S/C12H12N4O2/c1-6-7(2)16(5-14-6)10-4-9-11(3-8(10)13)18-12(17)15-9/h3-5H,13H2,1-2H3,(H,15,17). The van der Waals surface area contributed by atoms with Crippen molar-refractivity contribution in [3.63, 3.8) is 0 Å². The summed E-state index contributed by atoms with van der Waals surface area (Å²) in [5, 5.41) is 0. The van der Waals surface area contributed by atoms with E-state index in [0.717, 1.165) is 17.1 Å². The van der Waals surface area contributed by atoms with Crippen LogP contribution in [-0.4, -0.2) is 14.5 Å². The van der Waals surface area contributed by atoms with Gasteiger partial charge in [0.05, 0.1) is 28.9 Å². The number of aromatic amines is 1. The number of fused-ring (bicyclic) bond motifs is 1. The number of nitrogens with zero attached hydrogens (tertiary/aromatic N) is 2. The van der Waals surface area contributed by atoms with E-state index in [1.807, 2.05) is 18.4 Å². The van der Waals surface area contributed by atoms with Crippen LogP contribution in [-0.2, 0) is 0 Å². The quantitative estimate of drug-likeness (QED) is 0.635. The molecule has 0 atom stereocenters. The van der Waals surface area contributed by atoms with Gasteiger partial charge in [-0.25, -0.2) is 9.78 Å². The van der Waals surface area contributed by atoms with Crippen LogP contribution in [0.4, 0.5) is 5.69 Å². The third-order valence-corrected chi connectivity index (χ3v) is 3.08. The summed E-state index contributed by atoms with van der Waals surface area (Å²) in [5.41, 5.74) is 10.3. The Morgan fingerprint density at radius 1 is 1.39 bits per heavy atom. The molecule has 0 aliphatic heterocycles. The Hall–Kier alpha value is -2.50. The predicted octanol–water partition coefficient (Wildman–Crippen LogP) is 1.51. The monoisotopic (exact) mass is 244 g/mol. The summed E-state index contributed by atoms with van der Waals surface area (Å²) < 4.78 is 6.84. The fraction of sp³-hybridized carbons (Fsp3) is 0.167. The van der Waals surface area contributed by atoms with Crippen molar-refractivity contribution in [2.24, 2.45) is 0 Å². The van der Waals surface area contributed by atoms with E-state index in [4.69, 9.17) is 10.2 Å². The van der Waals surface area contributed by atoms with Crippen LogP contribution >= 0.6 is 0 Å². The minimum absolute atomic E-state index is 0.454. The van der Waals surface area contributed by atoms with Crippen molar-refractivity contribution in [1.82, 2.24) is 14.5 Å². The van der Waals surface area contributed by atoms with E-state index in [-0.39, 0.29) is 0 Å². The minimum atomic E-state index is -0.486. The molecule has 0 unspecified atom stereocenters. The van der Waals surface area contributed by atoms with Crippen LogP contribution in [0.3, 0.4) is 0 Å². The number of aryl methyl sites for hydroxylation is 1. The number of nitrogen functional groups attached to an aromatic ring is 1. The third kappa shape index (κ3) is 1.42. The van der Waals surface area contributed by atoms with Gasteiger partial charge in [-0.3, -0.25) is 4.98 Å². The van der Waals surface area contributed by atoms with Gasteiger partial charge >= 0.3 is 5.76 Å². The summed E-state index contributed by atoms with van der Waals surface area (Å²) in [6, 6.07) is 3.42. The number of H-pyrrole nitrogens is 1. The SMILES string of the molecule is Cc1ncn(-c2cc3[nH]c(=O)oc3cc2N)c1C. The van der Waals surface area contributed by atoms with Crippen LogP contribution in [0.5, 0.6) is 0 Å². The van der Waals surface area contributed by atoms with E-state index < -0.39 is 5.76 Å². The first-order valence-corrected chi connectivity index (χ1v) is 5.49. The van der Waals surface area contributed by atoms with Crippen molar-refractivity contribution in [2.75, 3.05) is 5.73 Å². The molecule has 2 aromatic heterocycles. The van der Waals surface area contributed by atoms with Crippen LogP contribution in [0.25, 0.3) is 16.8 Å². The summed E-state index contributed by atoms with van der Waals surface area (Å²) >= 11 is 0. The Bertz CT molecular complexity index is 794. The lowest BCUT2D eigenvalue weighted by molar-refractivity contribution is 0.555. The van der Waals surface area contributed by atoms with Gasteiger partial charge in [-0.2, -0.15) is 0 Å². The first-order valence-electron chi connectivity index (χ1n) is 5.49. The maximum Gasteiger partial charge on any atom is 0.417 e. The zero-order valence-corrected chi connectivity index (χ0v) is 10.0. The van der Waals surface area contributed by atoms with Crippen molar-refractivity contribution in [1.29, 1.82) is 0 Å². The maximum absolute atomic E-state index is 11.1. The molecule has 0 saturated heterocycles. The Kier molecular flexibility index (Phi) is 2.07. The highest BCUT2D eigenvalue weighted by molar-refractivity contribution is 5.82. The number of benzene rings is 1. The van der Waals surface area contributed by atoms with Gasteiger partial charge in [-0.1, -0.05) is 0 Å². The van der Waals surface area contributed by atoms with E-state index >= 15 is 0 Å². The zero-order valence-electron chi connectivity index (χ0n) is 10.0. The molecule has 1 aromatic carbocycles. The molecule has 6 heteroatoms. The molecule has 92 valence electrons. The summed E-state index contributed by atoms with van der Waals surface area (Å²) in [6.07, 6.45) is 1.71. The van der Waals surface area contributed by atoms with Gasteiger partial charge in [0.1, 0.15) is 0 Å². The van der Waals surface area contributed by atoms with Crippen LogP contribution in [0.1, 0.15) is 11.4 Å². The Morgan fingerprint density at radius 2 is 2.17 bits per heavy atom. The summed E-state index contributed by atoms with van der Waals surface area (Å²) in [4.78, 5) is 18.0. The average Bonchev–Trinajstić information content (AvgIpc) is 2.82. The number of anilines is 1. The van der Waals surface area contributed by atoms with E-state index in [2.05, 4.69) is 9.97 Å². The van der Waals surface area contributed by atoms with Crippen LogP contribution in [0.15, 0.2) is 27.7 Å². The van der Waals surface area contributed by atoms with Crippen molar-refractivity contribution in [3.05, 3.63) is 40.4 Å². The molecule has 2 heterocycles. The first kappa shape index (κ1) is 10.6. The lowest BCUT2D eigenvalue weighted by Gasteiger charge is -2.08. The van der Waals surface area contributed by atoms with Crippen molar-refractivity contribution in [2.45, 2.75) is 13.8 Å². The molecule has 6 nitrogen and oxygen atoms in total. The Labute approximate surface area is 102 Å². The number of imidazole rings is 1. The predicted molar refractivity (Wildman–Crippen MR) is 67.8 cm³/mol. The highest BCUT2D eigenvalue weighted by Crippen LogP contribution is 2.25. The summed E-state index contributed by atoms with van der Waals surface area (Å²) in [6.45, 7) is 3.89. The van der Waals surface area contributed by atoms with Crippen LogP contribution in [0.2, 0.25) is 0 Å². The molecule has 0 amide bonds.